The van der Waals surface area contributed by atoms with Crippen LogP contribution in [0.1, 0.15) is 25.8 Å². The fourth-order valence-electron chi connectivity index (χ4n) is 1.54. The third kappa shape index (κ3) is 5.08. The Bertz CT molecular complexity index is 558. The Morgan fingerprint density at radius 3 is 2.59 bits per heavy atom. The second-order valence-electron chi connectivity index (χ2n) is 4.59. The molecule has 22 heavy (non-hydrogen) atoms. The molecule has 0 unspecified atom stereocenters. The van der Waals surface area contributed by atoms with Gasteiger partial charge < -0.3 is 14.8 Å². The average molecular weight is 307 g/mol. The van der Waals surface area contributed by atoms with Gasteiger partial charge in [-0.2, -0.15) is 5.10 Å². The van der Waals surface area contributed by atoms with E-state index in [1.165, 1.54) is 13.3 Å². The van der Waals surface area contributed by atoms with Gasteiger partial charge in [0.05, 0.1) is 20.4 Å². The second kappa shape index (κ2) is 8.66. The molecular weight excluding hydrogens is 286 g/mol. The van der Waals surface area contributed by atoms with E-state index in [0.29, 0.717) is 17.1 Å². The van der Waals surface area contributed by atoms with Gasteiger partial charge in [-0.15, -0.1) is 0 Å². The van der Waals surface area contributed by atoms with Crippen molar-refractivity contribution in [3.8, 4) is 11.5 Å². The standard InChI is InChI=1S/C15H21N3O4/c1-5-10(2)17-14(19)15(20)18-16-9-11-8-12(21-3)6-7-13(11)22-4/h6-10H,5H2,1-4H3,(H,17,19)(H,18,20)/b16-9-/t10-/m1/s1. The van der Waals surface area contributed by atoms with Crippen molar-refractivity contribution in [2.24, 2.45) is 5.10 Å². The zero-order valence-electron chi connectivity index (χ0n) is 13.2. The molecule has 0 saturated carbocycles. The molecule has 0 aliphatic carbocycles. The van der Waals surface area contributed by atoms with Gasteiger partial charge in [-0.3, -0.25) is 9.59 Å². The maximum atomic E-state index is 11.6. The molecule has 1 aromatic carbocycles. The highest BCUT2D eigenvalue weighted by molar-refractivity contribution is 6.35. The predicted molar refractivity (Wildman–Crippen MR) is 83.2 cm³/mol. The maximum Gasteiger partial charge on any atom is 0.329 e. The minimum atomic E-state index is -0.821. The lowest BCUT2D eigenvalue weighted by Gasteiger charge is -2.09. The first-order valence-electron chi connectivity index (χ1n) is 6.87. The van der Waals surface area contributed by atoms with E-state index in [2.05, 4.69) is 15.8 Å². The van der Waals surface area contributed by atoms with Crippen molar-refractivity contribution >= 4 is 18.0 Å². The minimum Gasteiger partial charge on any atom is -0.497 e. The lowest BCUT2D eigenvalue weighted by atomic mass is 10.2. The van der Waals surface area contributed by atoms with E-state index in [1.807, 2.05) is 13.8 Å². The molecular formula is C15H21N3O4. The number of nitrogens with one attached hydrogen (secondary N) is 2. The molecule has 0 spiro atoms. The van der Waals surface area contributed by atoms with Crippen LogP contribution < -0.4 is 20.2 Å². The monoisotopic (exact) mass is 307 g/mol. The summed E-state index contributed by atoms with van der Waals surface area (Å²) in [5.41, 5.74) is 2.79. The van der Waals surface area contributed by atoms with E-state index in [4.69, 9.17) is 9.47 Å². The van der Waals surface area contributed by atoms with Gasteiger partial charge in [0, 0.05) is 11.6 Å². The summed E-state index contributed by atoms with van der Waals surface area (Å²) in [6, 6.07) is 5.10. The number of nitrogens with zero attached hydrogens (tertiary/aromatic N) is 1. The van der Waals surface area contributed by atoms with Gasteiger partial charge in [0.15, 0.2) is 0 Å². The number of amides is 2. The smallest absolute Gasteiger partial charge is 0.329 e. The summed E-state index contributed by atoms with van der Waals surface area (Å²) in [4.78, 5) is 23.1. The number of hydrazone groups is 1. The fraction of sp³-hybridized carbons (Fsp3) is 0.400. The van der Waals surface area contributed by atoms with Crippen LogP contribution in [0, 0.1) is 0 Å². The lowest BCUT2D eigenvalue weighted by Crippen LogP contribution is -2.41. The van der Waals surface area contributed by atoms with E-state index in [-0.39, 0.29) is 6.04 Å². The Morgan fingerprint density at radius 1 is 1.27 bits per heavy atom. The molecule has 0 aliphatic heterocycles. The summed E-state index contributed by atoms with van der Waals surface area (Å²) in [6.07, 6.45) is 2.12. The Morgan fingerprint density at radius 2 is 2.00 bits per heavy atom. The summed E-state index contributed by atoms with van der Waals surface area (Å²) in [5.74, 6) is -0.339. The molecule has 0 aliphatic rings. The molecule has 7 heteroatoms. The molecule has 0 fully saturated rings. The van der Waals surface area contributed by atoms with Gasteiger partial charge in [-0.25, -0.2) is 5.43 Å². The number of carbonyl (C=O) groups is 2. The normalized spacial score (nSPS) is 11.8. The summed E-state index contributed by atoms with van der Waals surface area (Å²) in [6.45, 7) is 3.73. The van der Waals surface area contributed by atoms with Gasteiger partial charge in [-0.1, -0.05) is 6.92 Å². The van der Waals surface area contributed by atoms with Crippen LogP contribution in [-0.4, -0.2) is 38.3 Å². The average Bonchev–Trinajstić information content (AvgIpc) is 2.54. The highest BCUT2D eigenvalue weighted by Gasteiger charge is 2.14. The van der Waals surface area contributed by atoms with Gasteiger partial charge >= 0.3 is 11.8 Å². The largest absolute Gasteiger partial charge is 0.497 e. The van der Waals surface area contributed by atoms with Crippen LogP contribution in [-0.2, 0) is 9.59 Å². The zero-order valence-corrected chi connectivity index (χ0v) is 13.2. The highest BCUT2D eigenvalue weighted by Crippen LogP contribution is 2.22. The second-order valence-corrected chi connectivity index (χ2v) is 4.59. The van der Waals surface area contributed by atoms with Crippen LogP contribution in [0.3, 0.4) is 0 Å². The molecule has 0 aromatic heterocycles. The third-order valence-corrected chi connectivity index (χ3v) is 3.00. The lowest BCUT2D eigenvalue weighted by molar-refractivity contribution is -0.139. The van der Waals surface area contributed by atoms with Crippen molar-refractivity contribution in [2.45, 2.75) is 26.3 Å². The van der Waals surface area contributed by atoms with E-state index in [0.717, 1.165) is 6.42 Å². The van der Waals surface area contributed by atoms with Crippen LogP contribution in [0.25, 0.3) is 0 Å². The van der Waals surface area contributed by atoms with Crippen molar-refractivity contribution in [3.63, 3.8) is 0 Å². The quantitative estimate of drug-likeness (QED) is 0.467. The molecule has 0 radical (unpaired) electrons. The minimum absolute atomic E-state index is 0.0688. The summed E-state index contributed by atoms with van der Waals surface area (Å²) >= 11 is 0. The Labute approximate surface area is 129 Å². The predicted octanol–water partition coefficient (Wildman–Crippen LogP) is 1.07. The number of hydrogen-bond donors (Lipinski definition) is 2. The first kappa shape index (κ1) is 17.5. The highest BCUT2D eigenvalue weighted by atomic mass is 16.5. The summed E-state index contributed by atoms with van der Waals surface area (Å²) < 4.78 is 10.3. The van der Waals surface area contributed by atoms with E-state index in [9.17, 15) is 9.59 Å². The number of methoxy groups -OCH3 is 2. The van der Waals surface area contributed by atoms with Crippen LogP contribution in [0.2, 0.25) is 0 Å². The Hall–Kier alpha value is -2.57. The van der Waals surface area contributed by atoms with Crippen LogP contribution in [0.4, 0.5) is 0 Å². The van der Waals surface area contributed by atoms with E-state index < -0.39 is 11.8 Å². The van der Waals surface area contributed by atoms with Crippen molar-refractivity contribution in [1.82, 2.24) is 10.7 Å². The van der Waals surface area contributed by atoms with Crippen LogP contribution >= 0.6 is 0 Å². The number of benzene rings is 1. The first-order chi connectivity index (χ1) is 10.5. The van der Waals surface area contributed by atoms with Crippen LogP contribution in [0.5, 0.6) is 11.5 Å². The number of rotatable bonds is 6. The fourth-order valence-corrected chi connectivity index (χ4v) is 1.54. The molecule has 1 atom stereocenters. The molecule has 2 N–H and O–H groups in total. The SMILES string of the molecule is CC[C@@H](C)NC(=O)C(=O)N/N=C\c1cc(OC)ccc1OC. The first-order valence-corrected chi connectivity index (χ1v) is 6.87. The topological polar surface area (TPSA) is 89.0 Å². The molecule has 0 saturated heterocycles. The summed E-state index contributed by atoms with van der Waals surface area (Å²) in [7, 11) is 3.07. The zero-order chi connectivity index (χ0) is 16.5. The van der Waals surface area contributed by atoms with Gasteiger partial charge in [-0.05, 0) is 31.5 Å². The Balaban J connectivity index is 2.69. The number of carbonyl (C=O) groups excluding carboxylic acids is 2. The van der Waals surface area contributed by atoms with Gasteiger partial charge in [0.1, 0.15) is 11.5 Å². The molecule has 1 rings (SSSR count). The van der Waals surface area contributed by atoms with E-state index >= 15 is 0 Å². The molecule has 2 amide bonds. The van der Waals surface area contributed by atoms with E-state index in [1.54, 1.807) is 25.3 Å². The molecule has 1 aromatic rings. The molecule has 0 bridgehead atoms. The Kier molecular flexibility index (Phi) is 6.88. The third-order valence-electron chi connectivity index (χ3n) is 3.00. The number of hydrogen-bond acceptors (Lipinski definition) is 5. The van der Waals surface area contributed by atoms with Crippen molar-refractivity contribution in [1.29, 1.82) is 0 Å². The number of ether oxygens (including phenoxy) is 2. The molecule has 0 heterocycles. The van der Waals surface area contributed by atoms with Gasteiger partial charge in [0.2, 0.25) is 0 Å². The van der Waals surface area contributed by atoms with Crippen molar-refractivity contribution in [2.75, 3.05) is 14.2 Å². The molecule has 7 nitrogen and oxygen atoms in total. The van der Waals surface area contributed by atoms with Crippen molar-refractivity contribution < 1.29 is 19.1 Å². The summed E-state index contributed by atoms with van der Waals surface area (Å²) in [5, 5.41) is 6.31. The van der Waals surface area contributed by atoms with Crippen LogP contribution in [0.15, 0.2) is 23.3 Å². The van der Waals surface area contributed by atoms with Crippen molar-refractivity contribution in [3.05, 3.63) is 23.8 Å². The van der Waals surface area contributed by atoms with Gasteiger partial charge in [0.25, 0.3) is 0 Å². The maximum absolute atomic E-state index is 11.6. The molecule has 120 valence electrons.